The largest absolute Gasteiger partial charge is 0.494 e. The minimum atomic E-state index is -0.473. The van der Waals surface area contributed by atoms with Gasteiger partial charge in [-0.2, -0.15) is 0 Å². The lowest BCUT2D eigenvalue weighted by molar-refractivity contribution is -0.385. The van der Waals surface area contributed by atoms with Crippen LogP contribution in [0.15, 0.2) is 65.6 Å². The summed E-state index contributed by atoms with van der Waals surface area (Å²) in [6.07, 6.45) is 4.54. The number of nitrogens with zero attached hydrogens (tertiary/aromatic N) is 2. The Hall–Kier alpha value is -3.39. The normalized spacial score (nSPS) is 15.6. The lowest BCUT2D eigenvalue weighted by Gasteiger charge is -2.13. The summed E-state index contributed by atoms with van der Waals surface area (Å²) in [5, 5.41) is 10.6. The molecule has 0 spiro atoms. The second kappa shape index (κ2) is 8.53. The molecule has 0 atom stereocenters. The molecule has 1 fully saturated rings. The number of hydrogen-bond donors (Lipinski definition) is 0. The molecule has 2 aromatic carbocycles. The summed E-state index contributed by atoms with van der Waals surface area (Å²) in [5.74, 6) is 0.215. The molecule has 1 aliphatic rings. The van der Waals surface area contributed by atoms with E-state index in [1.807, 2.05) is 6.92 Å². The maximum atomic E-state index is 12.6. The van der Waals surface area contributed by atoms with E-state index < -0.39 is 16.1 Å². The van der Waals surface area contributed by atoms with Crippen molar-refractivity contribution in [3.8, 4) is 5.75 Å². The van der Waals surface area contributed by atoms with Crippen molar-refractivity contribution in [3.05, 3.63) is 81.3 Å². The first kappa shape index (κ1) is 19.4. The average Bonchev–Trinajstić information content (AvgIpc) is 2.96. The Kier molecular flexibility index (Phi) is 5.90. The van der Waals surface area contributed by atoms with E-state index in [1.165, 1.54) is 24.3 Å². The van der Waals surface area contributed by atoms with Crippen molar-refractivity contribution in [2.24, 2.45) is 0 Å². The Bertz CT molecular complexity index is 982. The van der Waals surface area contributed by atoms with Gasteiger partial charge in [0.2, 0.25) is 0 Å². The van der Waals surface area contributed by atoms with Gasteiger partial charge in [0.15, 0.2) is 0 Å². The SMILES string of the molecule is CCOc1ccc(N2C(=O)S/C(=C\C=C\c3ccccc3[N+](=O)[O-])C2=O)cc1. The van der Waals surface area contributed by atoms with Gasteiger partial charge in [0.25, 0.3) is 16.8 Å². The highest BCUT2D eigenvalue weighted by Gasteiger charge is 2.35. The number of thioether (sulfide) groups is 1. The maximum Gasteiger partial charge on any atom is 0.298 e. The molecule has 1 saturated heterocycles. The zero-order valence-corrected chi connectivity index (χ0v) is 15.7. The van der Waals surface area contributed by atoms with Crippen molar-refractivity contribution in [2.75, 3.05) is 11.5 Å². The van der Waals surface area contributed by atoms with E-state index in [9.17, 15) is 19.7 Å². The number of nitro benzene ring substituents is 1. The van der Waals surface area contributed by atoms with Gasteiger partial charge in [0.1, 0.15) is 5.75 Å². The first-order chi connectivity index (χ1) is 13.5. The lowest BCUT2D eigenvalue weighted by atomic mass is 10.1. The predicted octanol–water partition coefficient (Wildman–Crippen LogP) is 4.79. The van der Waals surface area contributed by atoms with Gasteiger partial charge in [-0.05, 0) is 61.2 Å². The standard InChI is InChI=1S/C20H16N2O5S/c1-2-27-16-12-10-15(11-13-16)21-19(23)18(28-20(21)24)9-5-7-14-6-3-4-8-17(14)22(25)26/h3-13H,2H2,1H3/b7-5+,18-9-. The molecular weight excluding hydrogens is 380 g/mol. The smallest absolute Gasteiger partial charge is 0.298 e. The number of carbonyl (C=O) groups excluding carboxylic acids is 2. The maximum absolute atomic E-state index is 12.6. The molecule has 0 bridgehead atoms. The molecule has 0 aliphatic carbocycles. The number of carbonyl (C=O) groups is 2. The number of para-hydroxylation sites is 1. The van der Waals surface area contributed by atoms with Crippen LogP contribution in [0.4, 0.5) is 16.2 Å². The molecule has 0 saturated carbocycles. The van der Waals surface area contributed by atoms with Crippen molar-refractivity contribution < 1.29 is 19.2 Å². The van der Waals surface area contributed by atoms with Crippen molar-refractivity contribution in [3.63, 3.8) is 0 Å². The number of ether oxygens (including phenoxy) is 1. The van der Waals surface area contributed by atoms with Crippen LogP contribution in [0.1, 0.15) is 12.5 Å². The summed E-state index contributed by atoms with van der Waals surface area (Å²) in [6.45, 7) is 2.39. The Morgan fingerprint density at radius 2 is 1.86 bits per heavy atom. The van der Waals surface area contributed by atoms with Gasteiger partial charge in [0.05, 0.1) is 27.7 Å². The third-order valence-corrected chi connectivity index (χ3v) is 4.74. The average molecular weight is 396 g/mol. The second-order valence-corrected chi connectivity index (χ2v) is 6.63. The van der Waals surface area contributed by atoms with Gasteiger partial charge in [-0.25, -0.2) is 4.90 Å². The minimum Gasteiger partial charge on any atom is -0.494 e. The molecule has 0 N–H and O–H groups in total. The first-order valence-corrected chi connectivity index (χ1v) is 9.24. The molecule has 7 nitrogen and oxygen atoms in total. The van der Waals surface area contributed by atoms with E-state index in [2.05, 4.69) is 0 Å². The molecule has 2 aromatic rings. The number of benzene rings is 2. The highest BCUT2D eigenvalue weighted by atomic mass is 32.2. The van der Waals surface area contributed by atoms with Crippen molar-refractivity contribution in [1.82, 2.24) is 0 Å². The Morgan fingerprint density at radius 1 is 1.14 bits per heavy atom. The molecule has 0 aromatic heterocycles. The molecule has 1 heterocycles. The molecule has 0 unspecified atom stereocenters. The van der Waals surface area contributed by atoms with Crippen LogP contribution in [0.25, 0.3) is 6.08 Å². The molecule has 3 rings (SSSR count). The molecule has 8 heteroatoms. The van der Waals surface area contributed by atoms with Gasteiger partial charge < -0.3 is 4.74 Å². The first-order valence-electron chi connectivity index (χ1n) is 8.42. The summed E-state index contributed by atoms with van der Waals surface area (Å²) in [4.78, 5) is 36.8. The topological polar surface area (TPSA) is 89.8 Å². The van der Waals surface area contributed by atoms with Crippen LogP contribution in [0, 0.1) is 10.1 Å². The second-order valence-electron chi connectivity index (χ2n) is 5.64. The predicted molar refractivity (Wildman–Crippen MR) is 108 cm³/mol. The Balaban J connectivity index is 1.79. The van der Waals surface area contributed by atoms with Crippen molar-refractivity contribution >= 4 is 40.4 Å². The summed E-state index contributed by atoms with van der Waals surface area (Å²) in [7, 11) is 0. The number of amides is 2. The summed E-state index contributed by atoms with van der Waals surface area (Å²) >= 11 is 0.819. The van der Waals surface area contributed by atoms with Crippen LogP contribution in [-0.2, 0) is 4.79 Å². The molecular formula is C20H16N2O5S. The van der Waals surface area contributed by atoms with Gasteiger partial charge >= 0.3 is 0 Å². The van der Waals surface area contributed by atoms with Crippen LogP contribution in [0.2, 0.25) is 0 Å². The minimum absolute atomic E-state index is 0.0327. The fourth-order valence-electron chi connectivity index (χ4n) is 2.60. The lowest BCUT2D eigenvalue weighted by Crippen LogP contribution is -2.27. The molecule has 142 valence electrons. The van der Waals surface area contributed by atoms with Crippen molar-refractivity contribution in [2.45, 2.75) is 6.92 Å². The van der Waals surface area contributed by atoms with E-state index in [0.717, 1.165) is 16.7 Å². The van der Waals surface area contributed by atoms with E-state index in [0.29, 0.717) is 23.6 Å². The van der Waals surface area contributed by atoms with Crippen LogP contribution in [0.5, 0.6) is 5.75 Å². The highest BCUT2D eigenvalue weighted by molar-refractivity contribution is 8.18. The number of imide groups is 1. The van der Waals surface area contributed by atoms with Gasteiger partial charge in [-0.1, -0.05) is 18.2 Å². The van der Waals surface area contributed by atoms with Gasteiger partial charge in [-0.15, -0.1) is 0 Å². The van der Waals surface area contributed by atoms with Crippen molar-refractivity contribution in [1.29, 1.82) is 0 Å². The van der Waals surface area contributed by atoms with E-state index in [4.69, 9.17) is 4.74 Å². The highest BCUT2D eigenvalue weighted by Crippen LogP contribution is 2.35. The number of rotatable bonds is 6. The van der Waals surface area contributed by atoms with E-state index >= 15 is 0 Å². The van der Waals surface area contributed by atoms with Crippen LogP contribution in [0.3, 0.4) is 0 Å². The Morgan fingerprint density at radius 3 is 2.54 bits per heavy atom. The number of hydrogen-bond acceptors (Lipinski definition) is 6. The molecule has 0 radical (unpaired) electrons. The van der Waals surface area contributed by atoms with Crippen LogP contribution in [-0.4, -0.2) is 22.7 Å². The van der Waals surface area contributed by atoms with Crippen LogP contribution < -0.4 is 9.64 Å². The summed E-state index contributed by atoms with van der Waals surface area (Å²) in [6, 6.07) is 13.0. The number of nitro groups is 1. The fraction of sp³-hybridized carbons (Fsp3) is 0.100. The molecule has 1 aliphatic heterocycles. The molecule has 28 heavy (non-hydrogen) atoms. The van der Waals surface area contributed by atoms with Gasteiger partial charge in [0, 0.05) is 6.07 Å². The zero-order valence-electron chi connectivity index (χ0n) is 14.9. The van der Waals surface area contributed by atoms with E-state index in [-0.39, 0.29) is 10.6 Å². The summed E-state index contributed by atoms with van der Waals surface area (Å²) < 4.78 is 5.36. The Labute approximate surface area is 165 Å². The third kappa shape index (κ3) is 4.12. The third-order valence-electron chi connectivity index (χ3n) is 3.86. The monoisotopic (exact) mass is 396 g/mol. The number of anilines is 1. The van der Waals surface area contributed by atoms with E-state index in [1.54, 1.807) is 42.5 Å². The zero-order chi connectivity index (χ0) is 20.1. The van der Waals surface area contributed by atoms with Crippen LogP contribution >= 0.6 is 11.8 Å². The fourth-order valence-corrected chi connectivity index (χ4v) is 3.39. The quantitative estimate of drug-likeness (QED) is 0.396. The summed E-state index contributed by atoms with van der Waals surface area (Å²) in [5.41, 5.74) is 0.834. The van der Waals surface area contributed by atoms with Gasteiger partial charge in [-0.3, -0.25) is 19.7 Å². The number of allylic oxidation sites excluding steroid dienone is 2. The molecule has 2 amide bonds.